The molecule has 29 heavy (non-hydrogen) atoms. The van der Waals surface area contributed by atoms with Crippen LogP contribution < -0.4 is 9.80 Å². The molecule has 0 spiro atoms. The number of carbonyl (C=O) groups excluding carboxylic acids is 1. The number of anilines is 2. The van der Waals surface area contributed by atoms with Crippen LogP contribution in [0.15, 0.2) is 47.4 Å². The number of rotatable bonds is 3. The number of para-hydroxylation sites is 1. The van der Waals surface area contributed by atoms with E-state index in [1.54, 1.807) is 41.3 Å². The van der Waals surface area contributed by atoms with Crippen molar-refractivity contribution in [1.29, 1.82) is 0 Å². The molecule has 0 saturated carbocycles. The monoisotopic (exact) mass is 417 g/mol. The number of fused-ring (bicyclic) bond motifs is 1. The predicted molar refractivity (Wildman–Crippen MR) is 110 cm³/mol. The first kappa shape index (κ1) is 19.8. The van der Waals surface area contributed by atoms with E-state index < -0.39 is 10.0 Å². The molecule has 2 aromatic rings. The van der Waals surface area contributed by atoms with Gasteiger partial charge in [-0.05, 0) is 49.2 Å². The molecular weight excluding hydrogens is 393 g/mol. The van der Waals surface area contributed by atoms with Crippen molar-refractivity contribution in [3.8, 4) is 0 Å². The number of carbonyl (C=O) groups is 1. The zero-order valence-corrected chi connectivity index (χ0v) is 17.3. The Balaban J connectivity index is 1.53. The van der Waals surface area contributed by atoms with E-state index in [2.05, 4.69) is 0 Å². The molecule has 1 atom stereocenters. The van der Waals surface area contributed by atoms with Gasteiger partial charge in [-0.25, -0.2) is 12.8 Å². The van der Waals surface area contributed by atoms with Gasteiger partial charge in [0.05, 0.1) is 10.6 Å². The van der Waals surface area contributed by atoms with Gasteiger partial charge in [-0.3, -0.25) is 4.79 Å². The summed E-state index contributed by atoms with van der Waals surface area (Å²) in [6, 6.07) is 11.5. The molecule has 1 unspecified atom stereocenters. The van der Waals surface area contributed by atoms with Crippen LogP contribution in [0.2, 0.25) is 0 Å². The summed E-state index contributed by atoms with van der Waals surface area (Å²) in [5.74, 6) is -0.345. The molecule has 2 aliphatic rings. The van der Waals surface area contributed by atoms with Crippen molar-refractivity contribution >= 4 is 27.3 Å². The van der Waals surface area contributed by atoms with Crippen LogP contribution >= 0.6 is 0 Å². The predicted octanol–water partition coefficient (Wildman–Crippen LogP) is 2.63. The van der Waals surface area contributed by atoms with E-state index in [0.717, 1.165) is 11.3 Å². The topological polar surface area (TPSA) is 60.9 Å². The van der Waals surface area contributed by atoms with Gasteiger partial charge in [0, 0.05) is 44.8 Å². The van der Waals surface area contributed by atoms with Crippen LogP contribution in [0, 0.1) is 5.82 Å². The molecule has 4 rings (SSSR count). The summed E-state index contributed by atoms with van der Waals surface area (Å²) in [7, 11) is -3.65. The fourth-order valence-corrected chi connectivity index (χ4v) is 5.75. The maximum atomic E-state index is 14.0. The van der Waals surface area contributed by atoms with E-state index in [9.17, 15) is 17.6 Å². The lowest BCUT2D eigenvalue weighted by atomic mass is 10.1. The third-order valence-electron chi connectivity index (χ3n) is 5.68. The summed E-state index contributed by atoms with van der Waals surface area (Å²) in [5, 5.41) is 0. The highest BCUT2D eigenvalue weighted by Crippen LogP contribution is 2.34. The number of piperazine rings is 1. The minimum Gasteiger partial charge on any atom is -0.367 e. The number of hydrogen-bond donors (Lipinski definition) is 0. The van der Waals surface area contributed by atoms with Crippen LogP contribution in [-0.4, -0.2) is 50.9 Å². The third kappa shape index (κ3) is 3.51. The molecule has 8 heteroatoms. The summed E-state index contributed by atoms with van der Waals surface area (Å²) in [6.07, 6.45) is 0.638. The fourth-order valence-electron chi connectivity index (χ4n) is 4.27. The Morgan fingerprint density at radius 3 is 2.38 bits per heavy atom. The minimum absolute atomic E-state index is 0.0183. The highest BCUT2D eigenvalue weighted by Gasteiger charge is 2.33. The largest absolute Gasteiger partial charge is 0.367 e. The lowest BCUT2D eigenvalue weighted by molar-refractivity contribution is -0.116. The molecule has 6 nitrogen and oxygen atoms in total. The minimum atomic E-state index is -3.65. The van der Waals surface area contributed by atoms with Crippen molar-refractivity contribution in [2.24, 2.45) is 0 Å². The van der Waals surface area contributed by atoms with Gasteiger partial charge in [0.1, 0.15) is 5.82 Å². The molecule has 2 aromatic carbocycles. The summed E-state index contributed by atoms with van der Waals surface area (Å²) < 4.78 is 41.8. The molecular formula is C21H24FN3O3S. The Labute approximate surface area is 170 Å². The molecule has 2 aliphatic heterocycles. The van der Waals surface area contributed by atoms with Gasteiger partial charge >= 0.3 is 0 Å². The number of nitrogens with zero attached hydrogens (tertiary/aromatic N) is 3. The van der Waals surface area contributed by atoms with Crippen molar-refractivity contribution in [2.75, 3.05) is 36.0 Å². The van der Waals surface area contributed by atoms with Gasteiger partial charge in [0.15, 0.2) is 0 Å². The van der Waals surface area contributed by atoms with E-state index in [-0.39, 0.29) is 22.7 Å². The number of hydrogen-bond acceptors (Lipinski definition) is 4. The van der Waals surface area contributed by atoms with Gasteiger partial charge in [-0.1, -0.05) is 12.1 Å². The highest BCUT2D eigenvalue weighted by atomic mass is 32.2. The van der Waals surface area contributed by atoms with E-state index >= 15 is 0 Å². The second-order valence-electron chi connectivity index (χ2n) is 7.58. The number of benzene rings is 2. The standard InChI is InChI=1S/C21H24FN3O3S/c1-15-13-17-14-18(7-8-20(17)25(15)16(2)26)29(27,28)24-11-9-23(10-12-24)21-6-4-3-5-19(21)22/h3-8,14-15H,9-13H2,1-2H3. The maximum absolute atomic E-state index is 14.0. The highest BCUT2D eigenvalue weighted by molar-refractivity contribution is 7.89. The van der Waals surface area contributed by atoms with Crippen LogP contribution in [0.3, 0.4) is 0 Å². The van der Waals surface area contributed by atoms with Gasteiger partial charge in [-0.2, -0.15) is 4.31 Å². The van der Waals surface area contributed by atoms with Gasteiger partial charge in [-0.15, -0.1) is 0 Å². The fraction of sp³-hybridized carbons (Fsp3) is 0.381. The van der Waals surface area contributed by atoms with Crippen molar-refractivity contribution < 1.29 is 17.6 Å². The molecule has 2 heterocycles. The molecule has 0 radical (unpaired) electrons. The Bertz CT molecular complexity index is 1050. The zero-order chi connectivity index (χ0) is 20.8. The summed E-state index contributed by atoms with van der Waals surface area (Å²) in [4.78, 5) is 15.7. The van der Waals surface area contributed by atoms with Crippen LogP contribution in [0.1, 0.15) is 19.4 Å². The second-order valence-corrected chi connectivity index (χ2v) is 9.51. The lowest BCUT2D eigenvalue weighted by Gasteiger charge is -2.35. The Kier molecular flexibility index (Phi) is 5.08. The normalized spacial score (nSPS) is 20.0. The average molecular weight is 418 g/mol. The smallest absolute Gasteiger partial charge is 0.243 e. The van der Waals surface area contributed by atoms with E-state index in [0.29, 0.717) is 38.3 Å². The van der Waals surface area contributed by atoms with Crippen molar-refractivity contribution in [1.82, 2.24) is 4.31 Å². The lowest BCUT2D eigenvalue weighted by Crippen LogP contribution is -2.48. The van der Waals surface area contributed by atoms with Gasteiger partial charge < -0.3 is 9.80 Å². The first-order chi connectivity index (χ1) is 13.8. The number of halogens is 1. The molecule has 0 N–H and O–H groups in total. The molecule has 0 aliphatic carbocycles. The first-order valence-corrected chi connectivity index (χ1v) is 11.2. The van der Waals surface area contributed by atoms with Crippen LogP contribution in [0.4, 0.5) is 15.8 Å². The van der Waals surface area contributed by atoms with Gasteiger partial charge in [0.25, 0.3) is 0 Å². The average Bonchev–Trinajstić information content (AvgIpc) is 3.03. The molecule has 154 valence electrons. The molecule has 1 saturated heterocycles. The van der Waals surface area contributed by atoms with E-state index in [1.807, 2.05) is 11.8 Å². The molecule has 0 bridgehead atoms. The SMILES string of the molecule is CC(=O)N1c2ccc(S(=O)(=O)N3CCN(c4ccccc4F)CC3)cc2CC1C. The van der Waals surface area contributed by atoms with E-state index in [1.165, 1.54) is 17.3 Å². The van der Waals surface area contributed by atoms with Crippen molar-refractivity contribution in [3.05, 3.63) is 53.8 Å². The summed E-state index contributed by atoms with van der Waals surface area (Å²) >= 11 is 0. The number of sulfonamides is 1. The Hall–Kier alpha value is -2.45. The Morgan fingerprint density at radius 2 is 1.72 bits per heavy atom. The van der Waals surface area contributed by atoms with Crippen molar-refractivity contribution in [3.63, 3.8) is 0 Å². The van der Waals surface area contributed by atoms with Crippen LogP contribution in [0.5, 0.6) is 0 Å². The Morgan fingerprint density at radius 1 is 1.03 bits per heavy atom. The molecule has 1 amide bonds. The summed E-state index contributed by atoms with van der Waals surface area (Å²) in [5.41, 5.74) is 2.16. The maximum Gasteiger partial charge on any atom is 0.243 e. The van der Waals surface area contributed by atoms with E-state index in [4.69, 9.17) is 0 Å². The zero-order valence-electron chi connectivity index (χ0n) is 16.5. The molecule has 1 fully saturated rings. The first-order valence-electron chi connectivity index (χ1n) is 9.71. The van der Waals surface area contributed by atoms with Crippen molar-refractivity contribution in [2.45, 2.75) is 31.2 Å². The third-order valence-corrected chi connectivity index (χ3v) is 7.57. The van der Waals surface area contributed by atoms with Gasteiger partial charge in [0.2, 0.25) is 15.9 Å². The number of amides is 1. The van der Waals surface area contributed by atoms with Crippen LogP contribution in [-0.2, 0) is 21.2 Å². The second kappa shape index (κ2) is 7.42. The van der Waals surface area contributed by atoms with Crippen LogP contribution in [0.25, 0.3) is 0 Å². The quantitative estimate of drug-likeness (QED) is 0.770. The summed E-state index contributed by atoms with van der Waals surface area (Å²) in [6.45, 7) is 4.93. The molecule has 0 aromatic heterocycles.